The first kappa shape index (κ1) is 11.6. The average Bonchev–Trinajstić information content (AvgIpc) is 1.63. The zero-order valence-electron chi connectivity index (χ0n) is 5.49. The lowest BCUT2D eigenvalue weighted by molar-refractivity contribution is -0.530. The maximum atomic E-state index is 10.3. The number of nitrogens with one attached hydrogen (secondary N) is 1. The second kappa shape index (κ2) is 5.93. The van der Waals surface area contributed by atoms with Gasteiger partial charge in [-0.2, -0.15) is 0 Å². The molecule has 0 aromatic heterocycles. The number of nitrogens with zero attached hydrogens (tertiary/aromatic N) is 1. The monoisotopic (exact) mass is 152 g/mol. The van der Waals surface area contributed by atoms with Crippen molar-refractivity contribution in [2.45, 2.75) is 19.8 Å². The van der Waals surface area contributed by atoms with Crippen molar-refractivity contribution in [2.75, 3.05) is 0 Å². The van der Waals surface area contributed by atoms with Gasteiger partial charge in [-0.1, -0.05) is 12.3 Å². The van der Waals surface area contributed by atoms with Crippen LogP contribution in [0.15, 0.2) is 0 Å². The molecule has 6 heteroatoms. The predicted octanol–water partition coefficient (Wildman–Crippen LogP) is 0.247. The molecule has 0 spiro atoms. The Hall–Kier alpha value is -1.20. The molecular weight excluding hydrogens is 143 g/mol. The Bertz CT molecular complexity index is 128. The fraction of sp³-hybridized carbons (Fsp3) is 0.750. The summed E-state index contributed by atoms with van der Waals surface area (Å²) < 4.78 is 0. The van der Waals surface area contributed by atoms with Gasteiger partial charge >= 0.3 is 0 Å². The van der Waals surface area contributed by atoms with Gasteiger partial charge in [-0.25, -0.2) is 10.1 Å². The zero-order valence-corrected chi connectivity index (χ0v) is 5.49. The maximum Gasteiger partial charge on any atom is 0.280 e. The third-order valence-electron chi connectivity index (χ3n) is 0.693. The van der Waals surface area contributed by atoms with E-state index in [1.54, 1.807) is 6.92 Å². The Labute approximate surface area is 56.9 Å². The Balaban J connectivity index is 0. The predicted molar refractivity (Wildman–Crippen MR) is 32.5 cm³/mol. The zero-order chi connectivity index (χ0) is 7.28. The Morgan fingerprint density at radius 2 is 2.20 bits per heavy atom. The molecule has 0 radical (unpaired) electrons. The third-order valence-corrected chi connectivity index (χ3v) is 0.693. The van der Waals surface area contributed by atoms with Gasteiger partial charge < -0.3 is 0 Å². The van der Waals surface area contributed by atoms with Crippen LogP contribution in [0.2, 0.25) is 0 Å². The minimum Gasteiger partial charge on any atom is -0.269 e. The summed E-state index contributed by atoms with van der Waals surface area (Å²) in [5, 5.41) is 8.71. The lowest BCUT2D eigenvalue weighted by atomic mass is 10.3. The van der Waals surface area contributed by atoms with E-state index in [0.717, 1.165) is 0 Å². The van der Waals surface area contributed by atoms with Gasteiger partial charge in [-0.3, -0.25) is 9.50 Å². The molecule has 0 fully saturated rings. The van der Waals surface area contributed by atoms with Gasteiger partial charge in [0.05, 0.1) is 0 Å². The normalized spacial score (nSPS) is 7.70. The molecule has 0 heterocycles. The fourth-order valence-electron chi connectivity index (χ4n) is 0.385. The summed E-state index contributed by atoms with van der Waals surface area (Å²) >= 11 is 0. The van der Waals surface area contributed by atoms with E-state index in [-0.39, 0.29) is 11.1 Å². The average molecular weight is 152 g/mol. The largest absolute Gasteiger partial charge is 0.280 e. The number of hydrazine groups is 1. The number of carbonyl (C=O) groups excluding carboxylic acids is 1. The highest BCUT2D eigenvalue weighted by Gasteiger charge is 2.03. The summed E-state index contributed by atoms with van der Waals surface area (Å²) in [6.07, 6.45) is 0.834. The molecule has 0 bridgehead atoms. The summed E-state index contributed by atoms with van der Waals surface area (Å²) in [4.78, 5) is 19.9. The van der Waals surface area contributed by atoms with Crippen LogP contribution in [0, 0.1) is 10.1 Å². The quantitative estimate of drug-likeness (QED) is 0.465. The van der Waals surface area contributed by atoms with Crippen LogP contribution in [0.4, 0.5) is 4.70 Å². The lowest BCUT2D eigenvalue weighted by Crippen LogP contribution is -2.28. The number of halogens is 1. The van der Waals surface area contributed by atoms with Crippen LogP contribution in [0.25, 0.3) is 0 Å². The molecular formula is C4H9FN2O3. The second-order valence-electron chi connectivity index (χ2n) is 1.54. The van der Waals surface area contributed by atoms with Gasteiger partial charge in [0.1, 0.15) is 0 Å². The van der Waals surface area contributed by atoms with Crippen molar-refractivity contribution in [3.63, 3.8) is 0 Å². The molecule has 10 heavy (non-hydrogen) atoms. The summed E-state index contributed by atoms with van der Waals surface area (Å²) in [5.74, 6) is -0.539. The molecule has 0 aliphatic rings. The van der Waals surface area contributed by atoms with Crippen LogP contribution in [-0.2, 0) is 4.79 Å². The highest BCUT2D eigenvalue weighted by molar-refractivity contribution is 5.74. The maximum absolute atomic E-state index is 10.3. The van der Waals surface area contributed by atoms with Crippen LogP contribution in [0.3, 0.4) is 0 Å². The number of amides is 1. The van der Waals surface area contributed by atoms with E-state index in [1.807, 2.05) is 0 Å². The van der Waals surface area contributed by atoms with Gasteiger partial charge in [0.25, 0.3) is 5.91 Å². The fourth-order valence-corrected chi connectivity index (χ4v) is 0.385. The number of nitro groups is 1. The Morgan fingerprint density at radius 1 is 1.70 bits per heavy atom. The van der Waals surface area contributed by atoms with Gasteiger partial charge in [-0.05, 0) is 6.42 Å². The van der Waals surface area contributed by atoms with Gasteiger partial charge in [0, 0.05) is 6.42 Å². The molecule has 1 N–H and O–H groups in total. The highest BCUT2D eigenvalue weighted by atomic mass is 19.0. The van der Waals surface area contributed by atoms with Crippen LogP contribution in [0.5, 0.6) is 0 Å². The van der Waals surface area contributed by atoms with E-state index in [4.69, 9.17) is 0 Å². The van der Waals surface area contributed by atoms with Gasteiger partial charge in [0.15, 0.2) is 5.03 Å². The topological polar surface area (TPSA) is 72.2 Å². The molecule has 0 aromatic carbocycles. The molecule has 5 nitrogen and oxygen atoms in total. The standard InChI is InChI=1S/C4H8N2O3.FH/c1-2-3-4(7)5-6(8)9;/h2-3H2,1H3,(H,5,7);1H. The van der Waals surface area contributed by atoms with Crippen LogP contribution >= 0.6 is 0 Å². The summed E-state index contributed by atoms with van der Waals surface area (Å²) in [5.41, 5.74) is 1.53. The number of hydrogen-bond donors (Lipinski definition) is 1. The van der Waals surface area contributed by atoms with E-state index in [1.165, 1.54) is 5.43 Å². The molecule has 0 aliphatic heterocycles. The highest BCUT2D eigenvalue weighted by Crippen LogP contribution is 1.83. The Kier molecular flexibility index (Phi) is 6.86. The van der Waals surface area contributed by atoms with Gasteiger partial charge in [0.2, 0.25) is 0 Å². The van der Waals surface area contributed by atoms with Gasteiger partial charge in [-0.15, -0.1) is 0 Å². The molecule has 0 unspecified atom stereocenters. The van der Waals surface area contributed by atoms with Crippen molar-refractivity contribution in [1.29, 1.82) is 0 Å². The number of carbonyl (C=O) groups is 1. The van der Waals surface area contributed by atoms with Crippen LogP contribution < -0.4 is 5.43 Å². The van der Waals surface area contributed by atoms with E-state index >= 15 is 0 Å². The minimum atomic E-state index is -0.849. The van der Waals surface area contributed by atoms with E-state index in [0.29, 0.717) is 6.42 Å². The minimum absolute atomic E-state index is 0. The molecule has 0 saturated heterocycles. The summed E-state index contributed by atoms with van der Waals surface area (Å²) in [6, 6.07) is 0. The molecule has 60 valence electrons. The first-order valence-electron chi connectivity index (χ1n) is 2.60. The third kappa shape index (κ3) is 6.80. The SMILES string of the molecule is CCCC(=O)N[N+](=O)[O-].F. The van der Waals surface area contributed by atoms with Crippen molar-refractivity contribution in [3.05, 3.63) is 10.1 Å². The first-order valence-corrected chi connectivity index (χ1v) is 2.60. The van der Waals surface area contributed by atoms with Crippen molar-refractivity contribution >= 4 is 5.91 Å². The van der Waals surface area contributed by atoms with Crippen molar-refractivity contribution in [1.82, 2.24) is 5.43 Å². The summed E-state index contributed by atoms with van der Waals surface area (Å²) in [6.45, 7) is 1.78. The van der Waals surface area contributed by atoms with Crippen molar-refractivity contribution < 1.29 is 14.5 Å². The van der Waals surface area contributed by atoms with Crippen molar-refractivity contribution in [3.8, 4) is 0 Å². The molecule has 0 rings (SSSR count). The number of hydrogen-bond acceptors (Lipinski definition) is 3. The van der Waals surface area contributed by atoms with Crippen LogP contribution in [-0.4, -0.2) is 10.9 Å². The molecule has 1 amide bonds. The number of rotatable bonds is 3. The smallest absolute Gasteiger partial charge is 0.269 e. The summed E-state index contributed by atoms with van der Waals surface area (Å²) in [7, 11) is 0. The first-order chi connectivity index (χ1) is 4.16. The molecule has 0 atom stereocenters. The second-order valence-corrected chi connectivity index (χ2v) is 1.54. The van der Waals surface area contributed by atoms with Crippen LogP contribution in [0.1, 0.15) is 19.8 Å². The molecule has 0 aliphatic carbocycles. The molecule has 0 aromatic rings. The van der Waals surface area contributed by atoms with E-state index < -0.39 is 10.9 Å². The van der Waals surface area contributed by atoms with E-state index in [2.05, 4.69) is 0 Å². The Morgan fingerprint density at radius 3 is 2.50 bits per heavy atom. The van der Waals surface area contributed by atoms with Crippen molar-refractivity contribution in [2.24, 2.45) is 0 Å². The molecule has 0 saturated carbocycles. The van der Waals surface area contributed by atoms with E-state index in [9.17, 15) is 14.9 Å². The lowest BCUT2D eigenvalue weighted by Gasteiger charge is -1.90.